The number of pyridine rings is 1. The molecule has 0 aliphatic heterocycles. The molecular formula is C15H23BrN2O2. The molecule has 0 bridgehead atoms. The van der Waals surface area contributed by atoms with Gasteiger partial charge >= 0.3 is 6.09 Å². The Morgan fingerprint density at radius 1 is 1.40 bits per heavy atom. The van der Waals surface area contributed by atoms with Crippen LogP contribution >= 0.6 is 15.9 Å². The predicted octanol–water partition coefficient (Wildman–Crippen LogP) is 4.77. The summed E-state index contributed by atoms with van der Waals surface area (Å²) in [7, 11) is 0. The quantitative estimate of drug-likeness (QED) is 0.790. The normalized spacial score (nSPS) is 11.6. The molecule has 0 spiro atoms. The molecule has 0 unspecified atom stereocenters. The Balaban J connectivity index is 3.16. The van der Waals surface area contributed by atoms with Gasteiger partial charge in [-0.05, 0) is 55.6 Å². The average Bonchev–Trinajstić information content (AvgIpc) is 2.35. The minimum Gasteiger partial charge on any atom is -0.443 e. The van der Waals surface area contributed by atoms with Gasteiger partial charge in [-0.25, -0.2) is 4.79 Å². The maximum absolute atomic E-state index is 12.5. The number of nitrogens with zero attached hydrogens (tertiary/aromatic N) is 2. The van der Waals surface area contributed by atoms with E-state index in [-0.39, 0.29) is 12.1 Å². The summed E-state index contributed by atoms with van der Waals surface area (Å²) in [6.45, 7) is 9.76. The zero-order chi connectivity index (χ0) is 15.3. The molecule has 5 heteroatoms. The van der Waals surface area contributed by atoms with E-state index >= 15 is 0 Å². The van der Waals surface area contributed by atoms with Crippen LogP contribution in [0.15, 0.2) is 22.9 Å². The van der Waals surface area contributed by atoms with Crippen LogP contribution in [0.2, 0.25) is 0 Å². The molecule has 0 atom stereocenters. The van der Waals surface area contributed by atoms with E-state index in [0.717, 1.165) is 23.0 Å². The summed E-state index contributed by atoms with van der Waals surface area (Å²) in [6, 6.07) is 1.93. The molecule has 1 aromatic rings. The van der Waals surface area contributed by atoms with E-state index in [1.54, 1.807) is 17.3 Å². The summed E-state index contributed by atoms with van der Waals surface area (Å²) >= 11 is 3.46. The molecule has 0 fully saturated rings. The Labute approximate surface area is 129 Å². The Bertz CT molecular complexity index is 453. The third kappa shape index (κ3) is 4.47. The summed E-state index contributed by atoms with van der Waals surface area (Å²) in [5.41, 5.74) is 0.281. The number of anilines is 1. The van der Waals surface area contributed by atoms with Crippen LogP contribution in [0.1, 0.15) is 47.5 Å². The monoisotopic (exact) mass is 342 g/mol. The van der Waals surface area contributed by atoms with E-state index in [1.807, 2.05) is 26.8 Å². The molecule has 0 N–H and O–H groups in total. The van der Waals surface area contributed by atoms with Crippen LogP contribution < -0.4 is 4.90 Å². The molecule has 112 valence electrons. The van der Waals surface area contributed by atoms with Gasteiger partial charge < -0.3 is 4.74 Å². The molecule has 1 heterocycles. The highest BCUT2D eigenvalue weighted by atomic mass is 79.9. The van der Waals surface area contributed by atoms with Gasteiger partial charge in [-0.3, -0.25) is 9.88 Å². The molecule has 0 radical (unpaired) electrons. The molecule has 0 saturated heterocycles. The highest BCUT2D eigenvalue weighted by Gasteiger charge is 2.29. The van der Waals surface area contributed by atoms with E-state index in [2.05, 4.69) is 34.8 Å². The van der Waals surface area contributed by atoms with Crippen molar-refractivity contribution in [2.45, 2.75) is 59.1 Å². The number of amides is 1. The number of hydrogen-bond donors (Lipinski definition) is 0. The largest absolute Gasteiger partial charge is 0.443 e. The summed E-state index contributed by atoms with van der Waals surface area (Å²) in [5, 5.41) is 0. The van der Waals surface area contributed by atoms with Gasteiger partial charge in [0.05, 0.1) is 10.2 Å². The SMILES string of the molecule is CCC(CC)N(C(=O)OC(C)(C)C)c1ccncc1Br. The summed E-state index contributed by atoms with van der Waals surface area (Å²) in [6.07, 6.45) is 4.78. The summed E-state index contributed by atoms with van der Waals surface area (Å²) in [5.74, 6) is 0. The standard InChI is InChI=1S/C15H23BrN2O2/c1-6-11(7-2)18(14(19)20-15(3,4)5)13-8-9-17-10-12(13)16/h8-11H,6-7H2,1-5H3. The average molecular weight is 343 g/mol. The van der Waals surface area contributed by atoms with Gasteiger partial charge in [-0.15, -0.1) is 0 Å². The molecule has 4 nitrogen and oxygen atoms in total. The van der Waals surface area contributed by atoms with Gasteiger partial charge in [0.25, 0.3) is 0 Å². The van der Waals surface area contributed by atoms with Crippen LogP contribution in [0.25, 0.3) is 0 Å². The third-order valence-electron chi connectivity index (χ3n) is 2.91. The van der Waals surface area contributed by atoms with Crippen molar-refractivity contribution < 1.29 is 9.53 Å². The van der Waals surface area contributed by atoms with E-state index < -0.39 is 5.60 Å². The van der Waals surface area contributed by atoms with Gasteiger partial charge in [0.15, 0.2) is 0 Å². The second kappa shape index (κ2) is 7.07. The summed E-state index contributed by atoms with van der Waals surface area (Å²) in [4.78, 5) is 18.3. The number of aromatic nitrogens is 1. The van der Waals surface area contributed by atoms with Crippen LogP contribution in [-0.2, 0) is 4.74 Å². The predicted molar refractivity (Wildman–Crippen MR) is 85.0 cm³/mol. The molecule has 1 rings (SSSR count). The number of hydrogen-bond acceptors (Lipinski definition) is 3. The molecule has 20 heavy (non-hydrogen) atoms. The second-order valence-corrected chi connectivity index (χ2v) is 6.50. The van der Waals surface area contributed by atoms with Crippen LogP contribution in [0, 0.1) is 0 Å². The van der Waals surface area contributed by atoms with Gasteiger partial charge in [0, 0.05) is 18.4 Å². The maximum atomic E-state index is 12.5. The number of carbonyl (C=O) groups is 1. The van der Waals surface area contributed by atoms with E-state index in [0.29, 0.717) is 0 Å². The van der Waals surface area contributed by atoms with Crippen molar-refractivity contribution in [2.75, 3.05) is 4.90 Å². The topological polar surface area (TPSA) is 42.4 Å². The zero-order valence-electron chi connectivity index (χ0n) is 12.8. The first-order valence-corrected chi connectivity index (χ1v) is 7.71. The smallest absolute Gasteiger partial charge is 0.415 e. The van der Waals surface area contributed by atoms with Crippen molar-refractivity contribution in [1.29, 1.82) is 0 Å². The van der Waals surface area contributed by atoms with Crippen molar-refractivity contribution >= 4 is 27.7 Å². The van der Waals surface area contributed by atoms with Crippen molar-refractivity contribution in [3.63, 3.8) is 0 Å². The van der Waals surface area contributed by atoms with Crippen molar-refractivity contribution in [2.24, 2.45) is 0 Å². The lowest BCUT2D eigenvalue weighted by atomic mass is 10.1. The second-order valence-electron chi connectivity index (χ2n) is 5.65. The summed E-state index contributed by atoms with van der Waals surface area (Å²) < 4.78 is 6.33. The highest BCUT2D eigenvalue weighted by Crippen LogP contribution is 2.29. The first-order chi connectivity index (χ1) is 9.30. The van der Waals surface area contributed by atoms with Gasteiger partial charge in [0.1, 0.15) is 5.60 Å². The fourth-order valence-electron chi connectivity index (χ4n) is 1.97. The Morgan fingerprint density at radius 3 is 2.45 bits per heavy atom. The van der Waals surface area contributed by atoms with Gasteiger partial charge in [-0.2, -0.15) is 0 Å². The number of carbonyl (C=O) groups excluding carboxylic acids is 1. The van der Waals surface area contributed by atoms with Crippen LogP contribution in [0.4, 0.5) is 10.5 Å². The lowest BCUT2D eigenvalue weighted by molar-refractivity contribution is 0.0563. The van der Waals surface area contributed by atoms with E-state index in [4.69, 9.17) is 4.74 Å². The number of halogens is 1. The third-order valence-corrected chi connectivity index (χ3v) is 3.52. The fraction of sp³-hybridized carbons (Fsp3) is 0.600. The zero-order valence-corrected chi connectivity index (χ0v) is 14.4. The first-order valence-electron chi connectivity index (χ1n) is 6.91. The minimum absolute atomic E-state index is 0.101. The number of rotatable bonds is 4. The van der Waals surface area contributed by atoms with Crippen LogP contribution in [-0.4, -0.2) is 22.7 Å². The van der Waals surface area contributed by atoms with E-state index in [9.17, 15) is 4.79 Å². The van der Waals surface area contributed by atoms with Crippen LogP contribution in [0.5, 0.6) is 0 Å². The molecule has 0 aliphatic carbocycles. The molecular weight excluding hydrogens is 320 g/mol. The lowest BCUT2D eigenvalue weighted by Gasteiger charge is -2.33. The van der Waals surface area contributed by atoms with Crippen molar-refractivity contribution in [3.8, 4) is 0 Å². The minimum atomic E-state index is -0.513. The maximum Gasteiger partial charge on any atom is 0.415 e. The molecule has 1 aromatic heterocycles. The Hall–Kier alpha value is -1.10. The molecule has 1 amide bonds. The Morgan fingerprint density at radius 2 is 2.00 bits per heavy atom. The first kappa shape index (κ1) is 17.0. The van der Waals surface area contributed by atoms with Crippen LogP contribution in [0.3, 0.4) is 0 Å². The van der Waals surface area contributed by atoms with Crippen molar-refractivity contribution in [3.05, 3.63) is 22.9 Å². The molecule has 0 saturated carbocycles. The van der Waals surface area contributed by atoms with Gasteiger partial charge in [0.2, 0.25) is 0 Å². The fourth-order valence-corrected chi connectivity index (χ4v) is 2.41. The van der Waals surface area contributed by atoms with Gasteiger partial charge in [-0.1, -0.05) is 13.8 Å². The molecule has 0 aromatic carbocycles. The number of ether oxygens (including phenoxy) is 1. The Kier molecular flexibility index (Phi) is 5.99. The lowest BCUT2D eigenvalue weighted by Crippen LogP contribution is -2.43. The molecule has 0 aliphatic rings. The van der Waals surface area contributed by atoms with Crippen molar-refractivity contribution in [1.82, 2.24) is 4.98 Å². The highest BCUT2D eigenvalue weighted by molar-refractivity contribution is 9.10. The van der Waals surface area contributed by atoms with E-state index in [1.165, 1.54) is 0 Å².